The number of nitrogens with zero attached hydrogens (tertiary/aromatic N) is 1. The molecule has 0 saturated heterocycles. The number of hydrogen-bond acceptors (Lipinski definition) is 4. The number of oxazole rings is 1. The Morgan fingerprint density at radius 2 is 2.38 bits per heavy atom. The van der Waals surface area contributed by atoms with Gasteiger partial charge in [0, 0.05) is 6.07 Å². The first-order valence-corrected chi connectivity index (χ1v) is 3.97. The van der Waals surface area contributed by atoms with Gasteiger partial charge in [-0.25, -0.2) is 4.98 Å². The van der Waals surface area contributed by atoms with E-state index in [1.54, 1.807) is 6.07 Å². The third-order valence-electron chi connectivity index (χ3n) is 1.76. The summed E-state index contributed by atoms with van der Waals surface area (Å²) in [6.45, 7) is 0. The summed E-state index contributed by atoms with van der Waals surface area (Å²) in [6, 6.07) is 1.62. The summed E-state index contributed by atoms with van der Waals surface area (Å²) in [6.07, 6.45) is 1.30. The standard InChI is InChI=1S/C8H7ClN2O2/c1-12-5-2-4(10)6(9)8-7(5)11-3-13-8/h2-3H,10H2,1H3. The first-order chi connectivity index (χ1) is 6.24. The van der Waals surface area contributed by atoms with Crippen molar-refractivity contribution in [3.8, 4) is 5.75 Å². The SMILES string of the molecule is COc1cc(N)c(Cl)c2ocnc12. The third-order valence-corrected chi connectivity index (χ3v) is 2.15. The number of nitrogens with two attached hydrogens (primary N) is 1. The molecule has 0 unspecified atom stereocenters. The molecular formula is C8H7ClN2O2. The average Bonchev–Trinajstić information content (AvgIpc) is 2.60. The Morgan fingerprint density at radius 1 is 1.62 bits per heavy atom. The molecule has 0 aliphatic rings. The monoisotopic (exact) mass is 198 g/mol. The zero-order valence-electron chi connectivity index (χ0n) is 6.87. The zero-order valence-corrected chi connectivity index (χ0v) is 7.63. The lowest BCUT2D eigenvalue weighted by Gasteiger charge is -2.03. The fraction of sp³-hybridized carbons (Fsp3) is 0.125. The van der Waals surface area contributed by atoms with Gasteiger partial charge in [-0.05, 0) is 0 Å². The molecule has 0 fully saturated rings. The summed E-state index contributed by atoms with van der Waals surface area (Å²) in [5.74, 6) is 0.561. The highest BCUT2D eigenvalue weighted by Crippen LogP contribution is 2.35. The molecule has 2 aromatic rings. The second-order valence-corrected chi connectivity index (χ2v) is 2.89. The first-order valence-electron chi connectivity index (χ1n) is 3.59. The molecule has 0 spiro atoms. The predicted octanol–water partition coefficient (Wildman–Crippen LogP) is 2.07. The third kappa shape index (κ3) is 1.10. The van der Waals surface area contributed by atoms with Crippen molar-refractivity contribution in [2.75, 3.05) is 12.8 Å². The molecule has 5 heteroatoms. The molecular weight excluding hydrogens is 192 g/mol. The summed E-state index contributed by atoms with van der Waals surface area (Å²) < 4.78 is 10.1. The maximum absolute atomic E-state index is 5.88. The van der Waals surface area contributed by atoms with Gasteiger partial charge in [0.05, 0.1) is 12.8 Å². The van der Waals surface area contributed by atoms with Gasteiger partial charge in [-0.3, -0.25) is 0 Å². The van der Waals surface area contributed by atoms with Crippen molar-refractivity contribution in [1.29, 1.82) is 0 Å². The van der Waals surface area contributed by atoms with E-state index in [2.05, 4.69) is 4.98 Å². The number of methoxy groups -OCH3 is 1. The molecule has 68 valence electrons. The zero-order chi connectivity index (χ0) is 9.42. The molecule has 0 atom stereocenters. The Morgan fingerprint density at radius 3 is 3.08 bits per heavy atom. The summed E-state index contributed by atoms with van der Waals surface area (Å²) in [7, 11) is 1.54. The van der Waals surface area contributed by atoms with Crippen LogP contribution in [0.5, 0.6) is 5.75 Å². The Balaban J connectivity index is 2.87. The molecule has 0 radical (unpaired) electrons. The number of ether oxygens (including phenoxy) is 1. The highest BCUT2D eigenvalue weighted by atomic mass is 35.5. The Bertz CT molecular complexity index is 453. The van der Waals surface area contributed by atoms with Gasteiger partial charge < -0.3 is 14.9 Å². The van der Waals surface area contributed by atoms with Crippen LogP contribution in [0.2, 0.25) is 5.02 Å². The summed E-state index contributed by atoms with van der Waals surface area (Å²) >= 11 is 5.88. The van der Waals surface area contributed by atoms with Crippen molar-refractivity contribution >= 4 is 28.4 Å². The highest BCUT2D eigenvalue weighted by molar-refractivity contribution is 6.37. The summed E-state index contributed by atoms with van der Waals surface area (Å²) in [5.41, 5.74) is 7.08. The van der Waals surface area contributed by atoms with Crippen molar-refractivity contribution in [3.63, 3.8) is 0 Å². The maximum Gasteiger partial charge on any atom is 0.182 e. The number of anilines is 1. The largest absolute Gasteiger partial charge is 0.494 e. The lowest BCUT2D eigenvalue weighted by Crippen LogP contribution is -1.90. The molecule has 0 aliphatic carbocycles. The average molecular weight is 199 g/mol. The van der Waals surface area contributed by atoms with Gasteiger partial charge in [-0.2, -0.15) is 0 Å². The van der Waals surface area contributed by atoms with Gasteiger partial charge in [0.15, 0.2) is 23.2 Å². The Hall–Kier alpha value is -1.42. The first kappa shape index (κ1) is 8.19. The number of aromatic nitrogens is 1. The van der Waals surface area contributed by atoms with Crippen LogP contribution in [-0.4, -0.2) is 12.1 Å². The molecule has 1 aromatic heterocycles. The quantitative estimate of drug-likeness (QED) is 0.713. The molecule has 13 heavy (non-hydrogen) atoms. The van der Waals surface area contributed by atoms with Gasteiger partial charge in [-0.15, -0.1) is 0 Å². The molecule has 0 aliphatic heterocycles. The van der Waals surface area contributed by atoms with Crippen molar-refractivity contribution < 1.29 is 9.15 Å². The number of rotatable bonds is 1. The molecule has 0 bridgehead atoms. The summed E-state index contributed by atoms with van der Waals surface area (Å²) in [4.78, 5) is 3.96. The summed E-state index contributed by atoms with van der Waals surface area (Å²) in [5, 5.41) is 0.369. The second kappa shape index (κ2) is 2.81. The molecule has 0 amide bonds. The van der Waals surface area contributed by atoms with E-state index in [1.807, 2.05) is 0 Å². The van der Waals surface area contributed by atoms with E-state index in [9.17, 15) is 0 Å². The van der Waals surface area contributed by atoms with E-state index in [1.165, 1.54) is 13.5 Å². The van der Waals surface area contributed by atoms with Crippen molar-refractivity contribution in [1.82, 2.24) is 4.98 Å². The molecule has 1 heterocycles. The predicted molar refractivity (Wildman–Crippen MR) is 50.0 cm³/mol. The van der Waals surface area contributed by atoms with Crippen LogP contribution < -0.4 is 10.5 Å². The van der Waals surface area contributed by atoms with Crippen LogP contribution in [0.1, 0.15) is 0 Å². The van der Waals surface area contributed by atoms with E-state index in [0.717, 1.165) is 0 Å². The van der Waals surface area contributed by atoms with E-state index < -0.39 is 0 Å². The maximum atomic E-state index is 5.88. The number of fused-ring (bicyclic) bond motifs is 1. The number of benzene rings is 1. The van der Waals surface area contributed by atoms with E-state index in [-0.39, 0.29) is 0 Å². The van der Waals surface area contributed by atoms with Crippen LogP contribution >= 0.6 is 11.6 Å². The van der Waals surface area contributed by atoms with Gasteiger partial charge in [0.25, 0.3) is 0 Å². The normalized spacial score (nSPS) is 10.6. The minimum absolute atomic E-state index is 0.369. The topological polar surface area (TPSA) is 61.3 Å². The molecule has 2 N–H and O–H groups in total. The van der Waals surface area contributed by atoms with Crippen LogP contribution in [0.15, 0.2) is 16.9 Å². The minimum Gasteiger partial charge on any atom is -0.494 e. The van der Waals surface area contributed by atoms with Crippen LogP contribution in [0, 0.1) is 0 Å². The number of hydrogen-bond donors (Lipinski definition) is 1. The smallest absolute Gasteiger partial charge is 0.182 e. The molecule has 0 saturated carbocycles. The number of nitrogen functional groups attached to an aromatic ring is 1. The van der Waals surface area contributed by atoms with Gasteiger partial charge >= 0.3 is 0 Å². The molecule has 1 aromatic carbocycles. The van der Waals surface area contributed by atoms with Crippen LogP contribution in [0.25, 0.3) is 11.1 Å². The fourth-order valence-electron chi connectivity index (χ4n) is 1.14. The van der Waals surface area contributed by atoms with Crippen molar-refractivity contribution in [2.45, 2.75) is 0 Å². The van der Waals surface area contributed by atoms with E-state index in [4.69, 9.17) is 26.5 Å². The van der Waals surface area contributed by atoms with E-state index >= 15 is 0 Å². The lowest BCUT2D eigenvalue weighted by molar-refractivity contribution is 0.419. The Kier molecular flexibility index (Phi) is 1.77. The van der Waals surface area contributed by atoms with E-state index in [0.29, 0.717) is 27.6 Å². The van der Waals surface area contributed by atoms with Crippen molar-refractivity contribution in [3.05, 3.63) is 17.5 Å². The minimum atomic E-state index is 0.369. The van der Waals surface area contributed by atoms with Crippen LogP contribution in [-0.2, 0) is 0 Å². The van der Waals surface area contributed by atoms with Gasteiger partial charge in [0.2, 0.25) is 0 Å². The Labute approximate surface area is 79.2 Å². The lowest BCUT2D eigenvalue weighted by atomic mass is 10.2. The number of halogens is 1. The van der Waals surface area contributed by atoms with Crippen LogP contribution in [0.4, 0.5) is 5.69 Å². The molecule has 2 rings (SSSR count). The van der Waals surface area contributed by atoms with Crippen molar-refractivity contribution in [2.24, 2.45) is 0 Å². The van der Waals surface area contributed by atoms with Gasteiger partial charge in [-0.1, -0.05) is 11.6 Å². The van der Waals surface area contributed by atoms with Crippen LogP contribution in [0.3, 0.4) is 0 Å². The second-order valence-electron chi connectivity index (χ2n) is 2.51. The van der Waals surface area contributed by atoms with Gasteiger partial charge in [0.1, 0.15) is 5.02 Å². The fourth-order valence-corrected chi connectivity index (χ4v) is 1.33. The highest BCUT2D eigenvalue weighted by Gasteiger charge is 2.12. The molecule has 4 nitrogen and oxygen atoms in total.